The van der Waals surface area contributed by atoms with Crippen LogP contribution >= 0.6 is 0 Å². The lowest BCUT2D eigenvalue weighted by Gasteiger charge is -2.19. The maximum atomic E-state index is 6.78. The summed E-state index contributed by atoms with van der Waals surface area (Å²) in [6.07, 6.45) is 3.87. The highest BCUT2D eigenvalue weighted by Crippen LogP contribution is 2.46. The van der Waals surface area contributed by atoms with E-state index in [0.29, 0.717) is 17.5 Å². The molecule has 9 aromatic carbocycles. The van der Waals surface area contributed by atoms with Crippen molar-refractivity contribution in [2.24, 2.45) is 0 Å². The fourth-order valence-corrected chi connectivity index (χ4v) is 10.8. The first-order valence-electron chi connectivity index (χ1n) is 23.4. The van der Waals surface area contributed by atoms with Crippen LogP contribution in [0, 0.1) is 0 Å². The van der Waals surface area contributed by atoms with Gasteiger partial charge in [-0.3, -0.25) is 4.98 Å². The molecular formula is C62H36N6O2. The summed E-state index contributed by atoms with van der Waals surface area (Å²) in [5.41, 5.74) is 14.1. The van der Waals surface area contributed by atoms with Crippen LogP contribution in [0.5, 0.6) is 0 Å². The standard InChI is InChI=1S/C62H36N6O2/c1-3-15-37(16-4-1)60-64-61(38-17-5-2-6-18-38)66-62(65-60)39-27-28-40(52(35-39)67-48-23-11-7-21-46(48)56-50(67)31-29-44-42-19-9-13-25-54(42)69-58(44)56)41-33-34-63-36-53(41)68-49-24-12-8-22-47(49)57-51(68)32-30-45-43-20-10-14-26-55(43)70-59(45)57/h1-36H. The Kier molecular flexibility index (Phi) is 8.20. The number of fused-ring (bicyclic) bond motifs is 14. The van der Waals surface area contributed by atoms with Gasteiger partial charge in [-0.1, -0.05) is 146 Å². The van der Waals surface area contributed by atoms with Crippen molar-refractivity contribution < 1.29 is 8.83 Å². The van der Waals surface area contributed by atoms with Crippen molar-refractivity contribution in [3.63, 3.8) is 0 Å². The van der Waals surface area contributed by atoms with E-state index >= 15 is 0 Å². The van der Waals surface area contributed by atoms with Crippen molar-refractivity contribution in [3.05, 3.63) is 219 Å². The van der Waals surface area contributed by atoms with E-state index in [-0.39, 0.29) is 0 Å². The van der Waals surface area contributed by atoms with E-state index in [0.717, 1.165) is 127 Å². The van der Waals surface area contributed by atoms with Gasteiger partial charge in [-0.05, 0) is 60.7 Å². The summed E-state index contributed by atoms with van der Waals surface area (Å²) in [5, 5.41) is 8.64. The van der Waals surface area contributed by atoms with Crippen molar-refractivity contribution in [2.75, 3.05) is 0 Å². The molecule has 0 aliphatic carbocycles. The van der Waals surface area contributed by atoms with Crippen LogP contribution in [0.1, 0.15) is 0 Å². The SMILES string of the molecule is c1ccc(-c2nc(-c3ccccc3)nc(-c3ccc(-c4ccncc4-n4c5ccccc5c5c6oc7ccccc7c6ccc54)c(-n4c5ccccc5c5c6oc7ccccc7c6ccc54)c3)n2)cc1. The third kappa shape index (κ3) is 5.64. The van der Waals surface area contributed by atoms with Crippen LogP contribution in [-0.4, -0.2) is 29.1 Å². The molecule has 0 amide bonds. The van der Waals surface area contributed by atoms with Gasteiger partial charge in [-0.15, -0.1) is 0 Å². The van der Waals surface area contributed by atoms with Crippen LogP contribution in [0.2, 0.25) is 0 Å². The molecule has 0 fully saturated rings. The van der Waals surface area contributed by atoms with Gasteiger partial charge in [0.05, 0.1) is 50.4 Å². The number of benzene rings is 9. The Bertz CT molecular complexity index is 4540. The molecule has 0 unspecified atom stereocenters. The summed E-state index contributed by atoms with van der Waals surface area (Å²) in [7, 11) is 0. The summed E-state index contributed by atoms with van der Waals surface area (Å²) in [6, 6.07) is 71.5. The average Bonchev–Trinajstić information content (AvgIpc) is 4.19. The molecule has 6 aromatic heterocycles. The summed E-state index contributed by atoms with van der Waals surface area (Å²) >= 11 is 0. The molecule has 0 radical (unpaired) electrons. The van der Waals surface area contributed by atoms with Crippen LogP contribution in [0.15, 0.2) is 227 Å². The molecule has 6 heterocycles. The highest BCUT2D eigenvalue weighted by atomic mass is 16.3. The predicted octanol–water partition coefficient (Wildman–Crippen LogP) is 15.9. The molecule has 15 aromatic rings. The zero-order valence-electron chi connectivity index (χ0n) is 37.3. The maximum Gasteiger partial charge on any atom is 0.164 e. The molecule has 15 rings (SSSR count). The fraction of sp³-hybridized carbons (Fsp3) is 0. The van der Waals surface area contributed by atoms with Gasteiger partial charge in [0.15, 0.2) is 17.5 Å². The van der Waals surface area contributed by atoms with Gasteiger partial charge >= 0.3 is 0 Å². The lowest BCUT2D eigenvalue weighted by atomic mass is 9.99. The van der Waals surface area contributed by atoms with Crippen molar-refractivity contribution in [1.29, 1.82) is 0 Å². The summed E-state index contributed by atoms with van der Waals surface area (Å²) in [6.45, 7) is 0. The molecule has 0 bridgehead atoms. The molecule has 0 aliphatic heterocycles. The molecule has 70 heavy (non-hydrogen) atoms. The normalized spacial score (nSPS) is 12.0. The van der Waals surface area contributed by atoms with E-state index in [9.17, 15) is 0 Å². The molecule has 0 atom stereocenters. The number of hydrogen-bond donors (Lipinski definition) is 0. The van der Waals surface area contributed by atoms with Crippen LogP contribution in [0.4, 0.5) is 0 Å². The van der Waals surface area contributed by atoms with E-state index in [1.54, 1.807) is 0 Å². The lowest BCUT2D eigenvalue weighted by molar-refractivity contribution is 0.672. The van der Waals surface area contributed by atoms with E-state index in [1.807, 2.05) is 97.3 Å². The quantitative estimate of drug-likeness (QED) is 0.165. The molecule has 0 N–H and O–H groups in total. The van der Waals surface area contributed by atoms with Gasteiger partial charge in [-0.2, -0.15) is 0 Å². The monoisotopic (exact) mass is 896 g/mol. The minimum absolute atomic E-state index is 0.563. The smallest absolute Gasteiger partial charge is 0.164 e. The Morgan fingerprint density at radius 3 is 1.34 bits per heavy atom. The van der Waals surface area contributed by atoms with Gasteiger partial charge in [0.1, 0.15) is 22.3 Å². The molecular weight excluding hydrogens is 861 g/mol. The van der Waals surface area contributed by atoms with Crippen molar-refractivity contribution in [3.8, 4) is 56.7 Å². The minimum Gasteiger partial charge on any atom is -0.455 e. The lowest BCUT2D eigenvalue weighted by Crippen LogP contribution is -2.04. The zero-order valence-corrected chi connectivity index (χ0v) is 37.3. The second-order valence-corrected chi connectivity index (χ2v) is 17.7. The highest BCUT2D eigenvalue weighted by Gasteiger charge is 2.25. The molecule has 0 saturated carbocycles. The van der Waals surface area contributed by atoms with Crippen molar-refractivity contribution in [1.82, 2.24) is 29.1 Å². The topological polar surface area (TPSA) is 87.7 Å². The molecule has 0 saturated heterocycles. The summed E-state index contributed by atoms with van der Waals surface area (Å²) in [5.74, 6) is 1.76. The highest BCUT2D eigenvalue weighted by molar-refractivity contribution is 6.25. The maximum absolute atomic E-state index is 6.78. The van der Waals surface area contributed by atoms with E-state index in [4.69, 9.17) is 28.8 Å². The third-order valence-corrected chi connectivity index (χ3v) is 13.9. The minimum atomic E-state index is 0.563. The van der Waals surface area contributed by atoms with Gasteiger partial charge in [0.25, 0.3) is 0 Å². The van der Waals surface area contributed by atoms with Gasteiger partial charge in [0.2, 0.25) is 0 Å². The van der Waals surface area contributed by atoms with Crippen LogP contribution in [0.25, 0.3) is 144 Å². The van der Waals surface area contributed by atoms with Crippen LogP contribution in [0.3, 0.4) is 0 Å². The van der Waals surface area contributed by atoms with Gasteiger partial charge in [0, 0.05) is 66.3 Å². The van der Waals surface area contributed by atoms with Gasteiger partial charge in [-0.25, -0.2) is 15.0 Å². The Hall–Kier alpha value is -9.66. The second kappa shape index (κ2) is 14.9. The Balaban J connectivity index is 1.04. The number of aromatic nitrogens is 6. The summed E-state index contributed by atoms with van der Waals surface area (Å²) in [4.78, 5) is 20.3. The predicted molar refractivity (Wildman–Crippen MR) is 283 cm³/mol. The Labute approximate surface area is 399 Å². The van der Waals surface area contributed by atoms with Crippen molar-refractivity contribution in [2.45, 2.75) is 0 Å². The number of nitrogens with zero attached hydrogens (tertiary/aromatic N) is 6. The molecule has 8 heteroatoms. The Morgan fingerprint density at radius 1 is 0.329 bits per heavy atom. The molecule has 326 valence electrons. The first-order valence-corrected chi connectivity index (χ1v) is 23.4. The van der Waals surface area contributed by atoms with E-state index in [1.165, 1.54) is 0 Å². The fourth-order valence-electron chi connectivity index (χ4n) is 10.8. The first kappa shape index (κ1) is 38.4. The van der Waals surface area contributed by atoms with E-state index in [2.05, 4.69) is 130 Å². The number of pyridine rings is 1. The Morgan fingerprint density at radius 2 is 0.786 bits per heavy atom. The van der Waals surface area contributed by atoms with Crippen LogP contribution < -0.4 is 0 Å². The molecule has 0 aliphatic rings. The number of para-hydroxylation sites is 4. The third-order valence-electron chi connectivity index (χ3n) is 13.9. The average molecular weight is 897 g/mol. The van der Waals surface area contributed by atoms with Gasteiger partial charge < -0.3 is 18.0 Å². The van der Waals surface area contributed by atoms with Crippen molar-refractivity contribution >= 4 is 87.5 Å². The zero-order chi connectivity index (χ0) is 45.9. The number of furan rings is 2. The van der Waals surface area contributed by atoms with E-state index < -0.39 is 0 Å². The number of rotatable bonds is 6. The molecule has 8 nitrogen and oxygen atoms in total. The second-order valence-electron chi connectivity index (χ2n) is 17.7. The van der Waals surface area contributed by atoms with Crippen LogP contribution in [-0.2, 0) is 0 Å². The first-order chi connectivity index (χ1) is 34.7. The number of hydrogen-bond acceptors (Lipinski definition) is 6. The summed E-state index contributed by atoms with van der Waals surface area (Å²) < 4.78 is 18.2. The molecule has 0 spiro atoms. The largest absolute Gasteiger partial charge is 0.455 e.